The molecule has 1 atom stereocenters. The highest BCUT2D eigenvalue weighted by Crippen LogP contribution is 2.05. The van der Waals surface area contributed by atoms with Crippen molar-refractivity contribution in [2.75, 3.05) is 13.7 Å². The fraction of sp³-hybridized carbons (Fsp3) is 0.545. The van der Waals surface area contributed by atoms with Gasteiger partial charge in [0.05, 0.1) is 12.8 Å². The van der Waals surface area contributed by atoms with Crippen LogP contribution in [-0.2, 0) is 23.0 Å². The minimum Gasteiger partial charge on any atom is -0.468 e. The van der Waals surface area contributed by atoms with E-state index < -0.39 is 3.92 Å². The van der Waals surface area contributed by atoms with Crippen LogP contribution in [0.4, 0.5) is 0 Å². The fourth-order valence-corrected chi connectivity index (χ4v) is 1.87. The van der Waals surface area contributed by atoms with Crippen LogP contribution in [0.3, 0.4) is 0 Å². The highest BCUT2D eigenvalue weighted by molar-refractivity contribution is 14.1. The normalized spacial score (nSPS) is 12.0. The number of rotatable bonds is 5. The zero-order valence-corrected chi connectivity index (χ0v) is 12.7. The quantitative estimate of drug-likeness (QED) is 0.474. The molecule has 100 valence electrons. The van der Waals surface area contributed by atoms with E-state index >= 15 is 0 Å². The van der Waals surface area contributed by atoms with Crippen LogP contribution in [0, 0.1) is 0 Å². The number of hydrogen-bond donors (Lipinski definition) is 1. The standard InChI is InChI=1S/C11H16IN3O3/c1-4-7-5-9(15(2)14-7)10(16)13-6-8(12)11(17)18-3/h5,8H,4,6H2,1-3H3,(H,13,16). The highest BCUT2D eigenvalue weighted by Gasteiger charge is 2.18. The number of halogens is 1. The number of carbonyl (C=O) groups excluding carboxylic acids is 2. The summed E-state index contributed by atoms with van der Waals surface area (Å²) in [4.78, 5) is 23.1. The summed E-state index contributed by atoms with van der Waals surface area (Å²) in [5, 5.41) is 6.88. The number of esters is 1. The Morgan fingerprint density at radius 2 is 2.28 bits per heavy atom. The summed E-state index contributed by atoms with van der Waals surface area (Å²) in [6.45, 7) is 2.21. The largest absolute Gasteiger partial charge is 0.468 e. The van der Waals surface area contributed by atoms with Crippen LogP contribution in [0.2, 0.25) is 0 Å². The van der Waals surface area contributed by atoms with Gasteiger partial charge in [0, 0.05) is 13.6 Å². The lowest BCUT2D eigenvalue weighted by molar-refractivity contribution is -0.139. The molecule has 0 spiro atoms. The smallest absolute Gasteiger partial charge is 0.320 e. The average molecular weight is 365 g/mol. The molecule has 1 N–H and O–H groups in total. The summed E-state index contributed by atoms with van der Waals surface area (Å²) in [5.74, 6) is -0.592. The van der Waals surface area contributed by atoms with Crippen LogP contribution in [0.25, 0.3) is 0 Å². The van der Waals surface area contributed by atoms with E-state index in [-0.39, 0.29) is 18.4 Å². The number of ether oxygens (including phenoxy) is 1. The summed E-state index contributed by atoms with van der Waals surface area (Å²) < 4.78 is 5.72. The molecule has 0 bridgehead atoms. The van der Waals surface area contributed by atoms with E-state index in [1.165, 1.54) is 11.8 Å². The molecule has 0 fully saturated rings. The Bertz CT molecular complexity index is 445. The van der Waals surface area contributed by atoms with Crippen molar-refractivity contribution >= 4 is 34.5 Å². The maximum absolute atomic E-state index is 11.9. The monoisotopic (exact) mass is 365 g/mol. The first-order valence-corrected chi connectivity index (χ1v) is 6.77. The highest BCUT2D eigenvalue weighted by atomic mass is 127. The molecule has 0 saturated carbocycles. The lowest BCUT2D eigenvalue weighted by atomic mass is 10.3. The molecule has 0 aliphatic rings. The molecule has 0 aliphatic carbocycles. The van der Waals surface area contributed by atoms with Crippen molar-refractivity contribution in [2.24, 2.45) is 7.05 Å². The topological polar surface area (TPSA) is 73.2 Å². The van der Waals surface area contributed by atoms with Crippen LogP contribution in [0.15, 0.2) is 6.07 Å². The van der Waals surface area contributed by atoms with Crippen molar-refractivity contribution in [1.82, 2.24) is 15.1 Å². The molecule has 18 heavy (non-hydrogen) atoms. The Kier molecular flexibility index (Phi) is 5.57. The third-order valence-electron chi connectivity index (χ3n) is 2.42. The summed E-state index contributed by atoms with van der Waals surface area (Å²) in [7, 11) is 3.04. The van der Waals surface area contributed by atoms with Crippen molar-refractivity contribution in [3.05, 3.63) is 17.5 Å². The van der Waals surface area contributed by atoms with Crippen LogP contribution in [0.5, 0.6) is 0 Å². The molecular formula is C11H16IN3O3. The molecule has 1 rings (SSSR count). The first kappa shape index (κ1) is 14.9. The van der Waals surface area contributed by atoms with Crippen molar-refractivity contribution < 1.29 is 14.3 Å². The summed E-state index contributed by atoms with van der Waals surface area (Å²) >= 11 is 1.93. The van der Waals surface area contributed by atoms with Gasteiger partial charge in [0.25, 0.3) is 5.91 Å². The molecule has 1 aromatic rings. The molecule has 0 aliphatic heterocycles. The first-order chi connectivity index (χ1) is 8.49. The van der Waals surface area contributed by atoms with Crippen molar-refractivity contribution in [2.45, 2.75) is 17.3 Å². The molecular weight excluding hydrogens is 349 g/mol. The molecule has 0 saturated heterocycles. The number of carbonyl (C=O) groups is 2. The van der Waals surface area contributed by atoms with Crippen LogP contribution >= 0.6 is 22.6 Å². The van der Waals surface area contributed by atoms with Gasteiger partial charge < -0.3 is 10.1 Å². The summed E-state index contributed by atoms with van der Waals surface area (Å²) in [5.41, 5.74) is 1.35. The Balaban J connectivity index is 2.60. The predicted molar refractivity (Wildman–Crippen MR) is 74.7 cm³/mol. The summed E-state index contributed by atoms with van der Waals surface area (Å²) in [6.07, 6.45) is 0.776. The minimum absolute atomic E-state index is 0.235. The Hall–Kier alpha value is -1.12. The van der Waals surface area contributed by atoms with Gasteiger partial charge in [-0.2, -0.15) is 5.10 Å². The maximum Gasteiger partial charge on any atom is 0.320 e. The zero-order chi connectivity index (χ0) is 13.7. The average Bonchev–Trinajstić information content (AvgIpc) is 2.75. The van der Waals surface area contributed by atoms with Gasteiger partial charge in [-0.25, -0.2) is 0 Å². The molecule has 1 aromatic heterocycles. The van der Waals surface area contributed by atoms with Gasteiger partial charge >= 0.3 is 5.97 Å². The van der Waals surface area contributed by atoms with E-state index in [0.717, 1.165) is 12.1 Å². The SMILES string of the molecule is CCc1cc(C(=O)NCC(I)C(=O)OC)n(C)n1. The molecule has 1 unspecified atom stereocenters. The number of aryl methyl sites for hydroxylation is 2. The third-order valence-corrected chi connectivity index (χ3v) is 3.37. The number of nitrogens with zero attached hydrogens (tertiary/aromatic N) is 2. The van der Waals surface area contributed by atoms with E-state index in [4.69, 9.17) is 0 Å². The molecule has 0 aromatic carbocycles. The van der Waals surface area contributed by atoms with Crippen LogP contribution in [0.1, 0.15) is 23.1 Å². The Morgan fingerprint density at radius 3 is 2.78 bits per heavy atom. The van der Waals surface area contributed by atoms with Gasteiger partial charge in [-0.05, 0) is 12.5 Å². The number of aromatic nitrogens is 2. The van der Waals surface area contributed by atoms with Gasteiger partial charge in [0.2, 0.25) is 0 Å². The number of alkyl halides is 1. The van der Waals surface area contributed by atoms with Crippen molar-refractivity contribution in [1.29, 1.82) is 0 Å². The van der Waals surface area contributed by atoms with Gasteiger partial charge in [0.1, 0.15) is 9.62 Å². The van der Waals surface area contributed by atoms with Crippen molar-refractivity contribution in [3.8, 4) is 0 Å². The molecule has 1 amide bonds. The predicted octanol–water partition coefficient (Wildman–Crippen LogP) is 0.689. The van der Waals surface area contributed by atoms with E-state index in [1.807, 2.05) is 29.5 Å². The number of amides is 1. The number of methoxy groups -OCH3 is 1. The second kappa shape index (κ2) is 6.72. The molecule has 1 heterocycles. The molecule has 0 radical (unpaired) electrons. The minimum atomic E-state index is -0.393. The van der Waals surface area contributed by atoms with Crippen molar-refractivity contribution in [3.63, 3.8) is 0 Å². The van der Waals surface area contributed by atoms with E-state index in [1.54, 1.807) is 13.1 Å². The second-order valence-corrected chi connectivity index (χ2v) is 5.20. The fourth-order valence-electron chi connectivity index (χ4n) is 1.40. The summed E-state index contributed by atoms with van der Waals surface area (Å²) in [6, 6.07) is 1.75. The Morgan fingerprint density at radius 1 is 1.61 bits per heavy atom. The van der Waals surface area contributed by atoms with Gasteiger partial charge in [-0.3, -0.25) is 14.3 Å². The van der Waals surface area contributed by atoms with E-state index in [2.05, 4.69) is 15.2 Å². The molecule has 7 heteroatoms. The zero-order valence-electron chi connectivity index (χ0n) is 10.6. The lowest BCUT2D eigenvalue weighted by Crippen LogP contribution is -2.34. The van der Waals surface area contributed by atoms with Gasteiger partial charge in [0.15, 0.2) is 0 Å². The first-order valence-electron chi connectivity index (χ1n) is 5.52. The maximum atomic E-state index is 11.9. The van der Waals surface area contributed by atoms with Crippen LogP contribution in [-0.4, -0.2) is 39.2 Å². The molecule has 6 nitrogen and oxygen atoms in total. The van der Waals surface area contributed by atoms with E-state index in [0.29, 0.717) is 5.69 Å². The lowest BCUT2D eigenvalue weighted by Gasteiger charge is -2.09. The third kappa shape index (κ3) is 3.69. The van der Waals surface area contributed by atoms with Gasteiger partial charge in [-0.1, -0.05) is 29.5 Å². The number of nitrogens with one attached hydrogen (secondary N) is 1. The van der Waals surface area contributed by atoms with Gasteiger partial charge in [-0.15, -0.1) is 0 Å². The van der Waals surface area contributed by atoms with Crippen LogP contribution < -0.4 is 5.32 Å². The van der Waals surface area contributed by atoms with E-state index in [9.17, 15) is 9.59 Å². The Labute approximate surface area is 119 Å². The second-order valence-electron chi connectivity index (χ2n) is 3.70. The number of hydrogen-bond acceptors (Lipinski definition) is 4.